The lowest BCUT2D eigenvalue weighted by Crippen LogP contribution is -1.96. The first kappa shape index (κ1) is 17.4. The molecule has 0 radical (unpaired) electrons. The van der Waals surface area contributed by atoms with Crippen molar-refractivity contribution in [2.75, 3.05) is 11.9 Å². The first-order valence-electron chi connectivity index (χ1n) is 8.65. The Bertz CT molecular complexity index is 1090. The Morgan fingerprint density at radius 3 is 2.67 bits per heavy atom. The van der Waals surface area contributed by atoms with E-state index in [0.717, 1.165) is 32.0 Å². The van der Waals surface area contributed by atoms with E-state index in [1.54, 1.807) is 17.4 Å². The molecule has 6 heteroatoms. The number of anilines is 2. The standard InChI is InChI=1S/C21H18FN3OS/c1-3-26-17-9-7-14(8-10-17)18-13(2)27-21-19(18)20(23-12-24-21)25-16-6-4-5-15(22)11-16/h4-12H,3H2,1-2H3,(H,23,24,25). The quantitative estimate of drug-likeness (QED) is 0.465. The summed E-state index contributed by atoms with van der Waals surface area (Å²) in [5, 5.41) is 4.17. The van der Waals surface area contributed by atoms with Crippen LogP contribution in [0.4, 0.5) is 15.9 Å². The zero-order chi connectivity index (χ0) is 18.8. The maximum Gasteiger partial charge on any atom is 0.143 e. The summed E-state index contributed by atoms with van der Waals surface area (Å²) >= 11 is 1.62. The Labute approximate surface area is 160 Å². The number of hydrogen-bond acceptors (Lipinski definition) is 5. The van der Waals surface area contributed by atoms with Gasteiger partial charge in [0, 0.05) is 16.1 Å². The van der Waals surface area contributed by atoms with Crippen molar-refractivity contribution in [1.82, 2.24) is 9.97 Å². The number of halogens is 1. The molecule has 2 aromatic heterocycles. The number of rotatable bonds is 5. The van der Waals surface area contributed by atoms with Crippen molar-refractivity contribution in [3.05, 3.63) is 65.6 Å². The van der Waals surface area contributed by atoms with Crippen molar-refractivity contribution < 1.29 is 9.13 Å². The van der Waals surface area contributed by atoms with Crippen LogP contribution in [0.1, 0.15) is 11.8 Å². The molecule has 0 unspecified atom stereocenters. The normalized spacial score (nSPS) is 10.9. The SMILES string of the molecule is CCOc1ccc(-c2c(C)sc3ncnc(Nc4cccc(F)c4)c23)cc1. The molecule has 0 atom stereocenters. The first-order chi connectivity index (χ1) is 13.2. The number of aryl methyl sites for hydroxylation is 1. The van der Waals surface area contributed by atoms with Gasteiger partial charge in [0.1, 0.15) is 28.5 Å². The smallest absolute Gasteiger partial charge is 0.143 e. The van der Waals surface area contributed by atoms with Crippen LogP contribution in [0.5, 0.6) is 5.75 Å². The molecule has 0 saturated heterocycles. The molecule has 27 heavy (non-hydrogen) atoms. The van der Waals surface area contributed by atoms with Crippen molar-refractivity contribution >= 4 is 33.1 Å². The lowest BCUT2D eigenvalue weighted by Gasteiger charge is -2.10. The van der Waals surface area contributed by atoms with Gasteiger partial charge in [-0.3, -0.25) is 0 Å². The topological polar surface area (TPSA) is 47.0 Å². The van der Waals surface area contributed by atoms with Crippen LogP contribution in [0.25, 0.3) is 21.3 Å². The molecule has 4 aromatic rings. The molecule has 0 spiro atoms. The molecule has 0 aliphatic carbocycles. The van der Waals surface area contributed by atoms with Gasteiger partial charge in [-0.1, -0.05) is 18.2 Å². The average Bonchev–Trinajstić information content (AvgIpc) is 3.00. The molecule has 4 rings (SSSR count). The summed E-state index contributed by atoms with van der Waals surface area (Å²) in [5.74, 6) is 1.21. The molecule has 2 aromatic carbocycles. The van der Waals surface area contributed by atoms with Crippen molar-refractivity contribution in [1.29, 1.82) is 0 Å². The molecule has 2 heterocycles. The van der Waals surface area contributed by atoms with Crippen LogP contribution in [0.15, 0.2) is 54.9 Å². The molecular formula is C21H18FN3OS. The predicted molar refractivity (Wildman–Crippen MR) is 108 cm³/mol. The van der Waals surface area contributed by atoms with Crippen LogP contribution >= 0.6 is 11.3 Å². The lowest BCUT2D eigenvalue weighted by atomic mass is 10.0. The van der Waals surface area contributed by atoms with Gasteiger partial charge in [0.25, 0.3) is 0 Å². The third kappa shape index (κ3) is 3.48. The summed E-state index contributed by atoms with van der Waals surface area (Å²) in [6.07, 6.45) is 1.53. The number of benzene rings is 2. The zero-order valence-electron chi connectivity index (χ0n) is 15.0. The van der Waals surface area contributed by atoms with E-state index in [2.05, 4.69) is 22.2 Å². The molecule has 4 nitrogen and oxygen atoms in total. The maximum absolute atomic E-state index is 13.6. The molecule has 0 aliphatic rings. The van der Waals surface area contributed by atoms with E-state index in [4.69, 9.17) is 4.74 Å². The Morgan fingerprint density at radius 2 is 1.93 bits per heavy atom. The van der Waals surface area contributed by atoms with Crippen LogP contribution < -0.4 is 10.1 Å². The summed E-state index contributed by atoms with van der Waals surface area (Å²) in [6, 6.07) is 14.4. The number of nitrogens with one attached hydrogen (secondary N) is 1. The highest BCUT2D eigenvalue weighted by molar-refractivity contribution is 7.19. The molecule has 1 N–H and O–H groups in total. The van der Waals surface area contributed by atoms with Gasteiger partial charge < -0.3 is 10.1 Å². The first-order valence-corrected chi connectivity index (χ1v) is 9.47. The highest BCUT2D eigenvalue weighted by Crippen LogP contribution is 2.41. The second-order valence-electron chi connectivity index (χ2n) is 6.03. The van der Waals surface area contributed by atoms with E-state index < -0.39 is 0 Å². The second kappa shape index (κ2) is 7.32. The Kier molecular flexibility index (Phi) is 4.73. The minimum atomic E-state index is -0.293. The van der Waals surface area contributed by atoms with E-state index in [0.29, 0.717) is 18.1 Å². The summed E-state index contributed by atoms with van der Waals surface area (Å²) in [4.78, 5) is 10.9. The fourth-order valence-corrected chi connectivity index (χ4v) is 4.09. The Balaban J connectivity index is 1.82. The molecule has 136 valence electrons. The molecular weight excluding hydrogens is 361 g/mol. The van der Waals surface area contributed by atoms with Crippen LogP contribution in [0.2, 0.25) is 0 Å². The Morgan fingerprint density at radius 1 is 1.11 bits per heavy atom. The molecule has 0 bridgehead atoms. The van der Waals surface area contributed by atoms with Gasteiger partial charge >= 0.3 is 0 Å². The summed E-state index contributed by atoms with van der Waals surface area (Å²) < 4.78 is 19.1. The largest absolute Gasteiger partial charge is 0.494 e. The fourth-order valence-electron chi connectivity index (χ4n) is 3.07. The van der Waals surface area contributed by atoms with Gasteiger partial charge in [0.2, 0.25) is 0 Å². The highest BCUT2D eigenvalue weighted by atomic mass is 32.1. The second-order valence-corrected chi connectivity index (χ2v) is 7.23. The number of nitrogens with zero attached hydrogens (tertiary/aromatic N) is 2. The van der Waals surface area contributed by atoms with Gasteiger partial charge in [-0.15, -0.1) is 11.3 Å². The van der Waals surface area contributed by atoms with Crippen molar-refractivity contribution in [2.24, 2.45) is 0 Å². The number of ether oxygens (including phenoxy) is 1. The van der Waals surface area contributed by atoms with Gasteiger partial charge in [-0.25, -0.2) is 14.4 Å². The third-order valence-corrected chi connectivity index (χ3v) is 5.22. The monoisotopic (exact) mass is 379 g/mol. The fraction of sp³-hybridized carbons (Fsp3) is 0.143. The highest BCUT2D eigenvalue weighted by Gasteiger charge is 2.17. The van der Waals surface area contributed by atoms with E-state index in [9.17, 15) is 4.39 Å². The van der Waals surface area contributed by atoms with E-state index in [-0.39, 0.29) is 5.82 Å². The minimum Gasteiger partial charge on any atom is -0.494 e. The van der Waals surface area contributed by atoms with E-state index in [1.165, 1.54) is 18.5 Å². The number of hydrogen-bond donors (Lipinski definition) is 1. The van der Waals surface area contributed by atoms with Crippen LogP contribution in [0.3, 0.4) is 0 Å². The maximum atomic E-state index is 13.6. The lowest BCUT2D eigenvalue weighted by molar-refractivity contribution is 0.340. The summed E-state index contributed by atoms with van der Waals surface area (Å²) in [7, 11) is 0. The van der Waals surface area contributed by atoms with Crippen molar-refractivity contribution in [2.45, 2.75) is 13.8 Å². The minimum absolute atomic E-state index is 0.293. The number of thiophene rings is 1. The van der Waals surface area contributed by atoms with Gasteiger partial charge in [-0.2, -0.15) is 0 Å². The van der Waals surface area contributed by atoms with E-state index >= 15 is 0 Å². The van der Waals surface area contributed by atoms with Crippen molar-refractivity contribution in [3.8, 4) is 16.9 Å². The van der Waals surface area contributed by atoms with Crippen LogP contribution in [0, 0.1) is 12.7 Å². The molecule has 0 amide bonds. The molecule has 0 saturated carbocycles. The van der Waals surface area contributed by atoms with Gasteiger partial charge in [0.05, 0.1) is 12.0 Å². The number of fused-ring (bicyclic) bond motifs is 1. The zero-order valence-corrected chi connectivity index (χ0v) is 15.8. The molecule has 0 aliphatic heterocycles. The summed E-state index contributed by atoms with van der Waals surface area (Å²) in [5.41, 5.74) is 2.80. The number of aromatic nitrogens is 2. The third-order valence-electron chi connectivity index (χ3n) is 4.21. The van der Waals surface area contributed by atoms with Crippen LogP contribution in [-0.2, 0) is 0 Å². The van der Waals surface area contributed by atoms with Crippen molar-refractivity contribution in [3.63, 3.8) is 0 Å². The average molecular weight is 379 g/mol. The van der Waals surface area contributed by atoms with Crippen LogP contribution in [-0.4, -0.2) is 16.6 Å². The Hall–Kier alpha value is -2.99. The molecule has 0 fully saturated rings. The predicted octanol–water partition coefficient (Wildman–Crippen LogP) is 5.95. The van der Waals surface area contributed by atoms with E-state index in [1.807, 2.05) is 37.3 Å². The van der Waals surface area contributed by atoms with Gasteiger partial charge in [0.15, 0.2) is 0 Å². The van der Waals surface area contributed by atoms with Gasteiger partial charge in [-0.05, 0) is 49.7 Å². The summed E-state index contributed by atoms with van der Waals surface area (Å²) in [6.45, 7) is 4.67.